The molecule has 0 saturated carbocycles. The molecular weight excluding hydrogens is 232 g/mol. The first-order valence-electron chi connectivity index (χ1n) is 5.93. The number of aryl methyl sites for hydroxylation is 1. The highest BCUT2D eigenvalue weighted by molar-refractivity contribution is 5.65. The summed E-state index contributed by atoms with van der Waals surface area (Å²) in [4.78, 5) is 16.5. The van der Waals surface area contributed by atoms with E-state index in [2.05, 4.69) is 10.1 Å². The third-order valence-corrected chi connectivity index (χ3v) is 3.56. The molecule has 94 valence electrons. The largest absolute Gasteiger partial charge is 0.465 e. The van der Waals surface area contributed by atoms with Crippen LogP contribution in [-0.2, 0) is 0 Å². The maximum Gasteiger partial charge on any atom is 0.407 e. The van der Waals surface area contributed by atoms with E-state index >= 15 is 0 Å². The summed E-state index contributed by atoms with van der Waals surface area (Å²) in [7, 11) is 0. The number of rotatable bonds is 1. The predicted molar refractivity (Wildman–Crippen MR) is 64.7 cm³/mol. The first-order valence-corrected chi connectivity index (χ1v) is 5.93. The molecule has 1 N–H and O–H groups in total. The van der Waals surface area contributed by atoms with Gasteiger partial charge in [0.15, 0.2) is 5.65 Å². The first-order chi connectivity index (χ1) is 8.65. The molecule has 0 aromatic carbocycles. The summed E-state index contributed by atoms with van der Waals surface area (Å²) in [5.74, 6) is 0.259. The number of carboxylic acid groups (broad SMARTS) is 1. The molecule has 3 heterocycles. The van der Waals surface area contributed by atoms with Crippen molar-refractivity contribution in [3.8, 4) is 0 Å². The highest BCUT2D eigenvalue weighted by Gasteiger charge is 2.28. The molecule has 2 aromatic rings. The van der Waals surface area contributed by atoms with E-state index in [0.717, 1.165) is 23.2 Å². The van der Waals surface area contributed by atoms with Crippen molar-refractivity contribution in [2.75, 3.05) is 13.1 Å². The van der Waals surface area contributed by atoms with E-state index in [-0.39, 0.29) is 5.92 Å². The number of hydrogen-bond donors (Lipinski definition) is 1. The minimum Gasteiger partial charge on any atom is -0.465 e. The van der Waals surface area contributed by atoms with Crippen molar-refractivity contribution < 1.29 is 9.90 Å². The predicted octanol–water partition coefficient (Wildman–Crippen LogP) is 1.51. The highest BCUT2D eigenvalue weighted by atomic mass is 16.4. The Morgan fingerprint density at radius 3 is 3.11 bits per heavy atom. The van der Waals surface area contributed by atoms with Gasteiger partial charge in [-0.2, -0.15) is 5.10 Å². The molecule has 0 spiro atoms. The van der Waals surface area contributed by atoms with Crippen LogP contribution in [0.2, 0.25) is 0 Å². The summed E-state index contributed by atoms with van der Waals surface area (Å²) in [5, 5.41) is 13.1. The Balaban J connectivity index is 1.94. The SMILES string of the molecule is Cc1cc2ncnn2cc1C1CCN(C(=O)O)C1. The third kappa shape index (κ3) is 1.70. The Kier molecular flexibility index (Phi) is 2.43. The van der Waals surface area contributed by atoms with Crippen LogP contribution in [0.3, 0.4) is 0 Å². The fourth-order valence-electron chi connectivity index (χ4n) is 2.59. The average molecular weight is 246 g/mol. The summed E-state index contributed by atoms with van der Waals surface area (Å²) >= 11 is 0. The average Bonchev–Trinajstić information content (AvgIpc) is 2.94. The van der Waals surface area contributed by atoms with Gasteiger partial charge >= 0.3 is 6.09 Å². The van der Waals surface area contributed by atoms with Crippen LogP contribution in [-0.4, -0.2) is 43.8 Å². The van der Waals surface area contributed by atoms with Crippen LogP contribution in [0.25, 0.3) is 5.65 Å². The maximum atomic E-state index is 10.9. The molecule has 18 heavy (non-hydrogen) atoms. The molecule has 1 saturated heterocycles. The minimum absolute atomic E-state index is 0.259. The molecule has 6 heteroatoms. The number of pyridine rings is 1. The Morgan fingerprint density at radius 1 is 1.56 bits per heavy atom. The molecule has 1 aliphatic heterocycles. The number of aromatic nitrogens is 3. The van der Waals surface area contributed by atoms with Crippen molar-refractivity contribution in [1.29, 1.82) is 0 Å². The van der Waals surface area contributed by atoms with Crippen LogP contribution in [0.4, 0.5) is 4.79 Å². The zero-order chi connectivity index (χ0) is 12.7. The van der Waals surface area contributed by atoms with E-state index in [1.807, 2.05) is 19.2 Å². The van der Waals surface area contributed by atoms with E-state index in [1.165, 1.54) is 11.2 Å². The zero-order valence-corrected chi connectivity index (χ0v) is 10.1. The van der Waals surface area contributed by atoms with E-state index < -0.39 is 6.09 Å². The summed E-state index contributed by atoms with van der Waals surface area (Å²) in [6.45, 7) is 3.21. The molecule has 1 atom stereocenters. The molecule has 1 amide bonds. The Morgan fingerprint density at radius 2 is 2.39 bits per heavy atom. The quantitative estimate of drug-likeness (QED) is 0.827. The van der Waals surface area contributed by atoms with Crippen molar-refractivity contribution in [1.82, 2.24) is 19.5 Å². The topological polar surface area (TPSA) is 70.7 Å². The van der Waals surface area contributed by atoms with Gasteiger partial charge in [0, 0.05) is 25.2 Å². The van der Waals surface area contributed by atoms with Gasteiger partial charge in [0.2, 0.25) is 0 Å². The Labute approximate surface area is 104 Å². The fourth-order valence-corrected chi connectivity index (χ4v) is 2.59. The fraction of sp³-hybridized carbons (Fsp3) is 0.417. The number of fused-ring (bicyclic) bond motifs is 1. The number of nitrogens with zero attached hydrogens (tertiary/aromatic N) is 4. The molecule has 2 aromatic heterocycles. The molecule has 1 unspecified atom stereocenters. The lowest BCUT2D eigenvalue weighted by Crippen LogP contribution is -2.26. The van der Waals surface area contributed by atoms with Crippen LogP contribution < -0.4 is 0 Å². The smallest absolute Gasteiger partial charge is 0.407 e. The van der Waals surface area contributed by atoms with Gasteiger partial charge in [0.1, 0.15) is 6.33 Å². The van der Waals surface area contributed by atoms with Crippen molar-refractivity contribution in [2.24, 2.45) is 0 Å². The second-order valence-corrected chi connectivity index (χ2v) is 4.69. The summed E-state index contributed by atoms with van der Waals surface area (Å²) in [5.41, 5.74) is 3.13. The van der Waals surface area contributed by atoms with Gasteiger partial charge in [-0.05, 0) is 30.5 Å². The monoisotopic (exact) mass is 246 g/mol. The molecular formula is C12H14N4O2. The molecule has 1 fully saturated rings. The number of hydrogen-bond acceptors (Lipinski definition) is 3. The Hall–Kier alpha value is -2.11. The van der Waals surface area contributed by atoms with Crippen molar-refractivity contribution >= 4 is 11.7 Å². The van der Waals surface area contributed by atoms with E-state index in [1.54, 1.807) is 4.52 Å². The second-order valence-electron chi connectivity index (χ2n) is 4.69. The lowest BCUT2D eigenvalue weighted by atomic mass is 9.96. The molecule has 3 rings (SSSR count). The molecule has 0 radical (unpaired) electrons. The van der Waals surface area contributed by atoms with E-state index in [9.17, 15) is 4.79 Å². The molecule has 0 bridgehead atoms. The van der Waals surface area contributed by atoms with Crippen LogP contribution in [0.15, 0.2) is 18.6 Å². The van der Waals surface area contributed by atoms with Gasteiger partial charge in [0.25, 0.3) is 0 Å². The van der Waals surface area contributed by atoms with Crippen molar-refractivity contribution in [3.05, 3.63) is 29.7 Å². The van der Waals surface area contributed by atoms with Gasteiger partial charge in [-0.1, -0.05) is 0 Å². The van der Waals surface area contributed by atoms with Crippen molar-refractivity contribution in [2.45, 2.75) is 19.3 Å². The number of amides is 1. The summed E-state index contributed by atoms with van der Waals surface area (Å²) < 4.78 is 1.74. The lowest BCUT2D eigenvalue weighted by molar-refractivity contribution is 0.155. The second kappa shape index (κ2) is 3.97. The molecule has 1 aliphatic rings. The van der Waals surface area contributed by atoms with Gasteiger partial charge in [-0.3, -0.25) is 0 Å². The summed E-state index contributed by atoms with van der Waals surface area (Å²) in [6.07, 6.45) is 3.52. The maximum absolute atomic E-state index is 10.9. The van der Waals surface area contributed by atoms with Crippen LogP contribution in [0, 0.1) is 6.92 Å². The lowest BCUT2D eigenvalue weighted by Gasteiger charge is -2.14. The van der Waals surface area contributed by atoms with E-state index in [4.69, 9.17) is 5.11 Å². The molecule has 0 aliphatic carbocycles. The number of likely N-dealkylation sites (tertiary alicyclic amines) is 1. The van der Waals surface area contributed by atoms with Gasteiger partial charge in [-0.25, -0.2) is 14.3 Å². The standard InChI is InChI=1S/C12H14N4O2/c1-8-4-11-13-7-14-16(11)6-10(8)9-2-3-15(5-9)12(17)18/h4,6-7,9H,2-3,5H2,1H3,(H,17,18). The minimum atomic E-state index is -0.836. The van der Waals surface area contributed by atoms with Gasteiger partial charge in [0.05, 0.1) is 0 Å². The van der Waals surface area contributed by atoms with Crippen LogP contribution in [0.5, 0.6) is 0 Å². The third-order valence-electron chi connectivity index (χ3n) is 3.56. The van der Waals surface area contributed by atoms with E-state index in [0.29, 0.717) is 13.1 Å². The Bertz CT molecular complexity index is 607. The highest BCUT2D eigenvalue weighted by Crippen LogP contribution is 2.29. The number of carbonyl (C=O) groups is 1. The zero-order valence-electron chi connectivity index (χ0n) is 10.1. The normalized spacial score (nSPS) is 19.6. The van der Waals surface area contributed by atoms with Crippen molar-refractivity contribution in [3.63, 3.8) is 0 Å². The van der Waals surface area contributed by atoms with Crippen LogP contribution in [0.1, 0.15) is 23.5 Å². The summed E-state index contributed by atoms with van der Waals surface area (Å²) in [6, 6.07) is 1.99. The molecule has 6 nitrogen and oxygen atoms in total. The van der Waals surface area contributed by atoms with Crippen LogP contribution >= 0.6 is 0 Å². The first kappa shape index (κ1) is 11.0. The van der Waals surface area contributed by atoms with Gasteiger partial charge < -0.3 is 10.0 Å². The van der Waals surface area contributed by atoms with Gasteiger partial charge in [-0.15, -0.1) is 0 Å².